The summed E-state index contributed by atoms with van der Waals surface area (Å²) in [5.74, 6) is -2.39. The molecule has 0 spiro atoms. The lowest BCUT2D eigenvalue weighted by molar-refractivity contribution is 0.351. The van der Waals surface area contributed by atoms with Crippen molar-refractivity contribution in [1.82, 2.24) is 0 Å². The quantitative estimate of drug-likeness (QED) is 0.942. The molecule has 2 aromatic carbocycles. The Morgan fingerprint density at radius 2 is 1.52 bits per heavy atom. The number of halogens is 3. The summed E-state index contributed by atoms with van der Waals surface area (Å²) < 4.78 is 51.1. The predicted molar refractivity (Wildman–Crippen MR) is 71.9 cm³/mol. The van der Waals surface area contributed by atoms with Crippen molar-refractivity contribution < 1.29 is 22.6 Å². The van der Waals surface area contributed by atoms with Gasteiger partial charge in [-0.05, 0) is 12.1 Å². The third-order valence-corrected chi connectivity index (χ3v) is 3.15. The lowest BCUT2D eigenvalue weighted by atomic mass is 9.98. The van der Waals surface area contributed by atoms with E-state index < -0.39 is 23.5 Å². The fraction of sp³-hybridized carbons (Fsp3) is 0.200. The van der Waals surface area contributed by atoms with Crippen LogP contribution in [0.1, 0.15) is 17.2 Å². The molecule has 2 N–H and O–H groups in total. The van der Waals surface area contributed by atoms with Gasteiger partial charge >= 0.3 is 0 Å². The molecule has 0 heterocycles. The Morgan fingerprint density at radius 3 is 2.14 bits per heavy atom. The monoisotopic (exact) mass is 297 g/mol. The van der Waals surface area contributed by atoms with Crippen LogP contribution in [-0.4, -0.2) is 14.2 Å². The highest BCUT2D eigenvalue weighted by atomic mass is 19.2. The summed E-state index contributed by atoms with van der Waals surface area (Å²) in [5.41, 5.74) is 5.70. The first-order valence-corrected chi connectivity index (χ1v) is 6.10. The summed E-state index contributed by atoms with van der Waals surface area (Å²) >= 11 is 0. The number of rotatable bonds is 4. The lowest BCUT2D eigenvalue weighted by Gasteiger charge is -2.17. The molecule has 1 unspecified atom stereocenters. The van der Waals surface area contributed by atoms with E-state index in [0.717, 1.165) is 12.1 Å². The molecule has 112 valence electrons. The fourth-order valence-electron chi connectivity index (χ4n) is 2.04. The summed E-state index contributed by atoms with van der Waals surface area (Å²) in [6.07, 6.45) is 0. The minimum absolute atomic E-state index is 0.0165. The van der Waals surface area contributed by atoms with Gasteiger partial charge in [0.05, 0.1) is 20.3 Å². The molecule has 0 saturated heterocycles. The first-order chi connectivity index (χ1) is 9.99. The maximum absolute atomic E-state index is 14.1. The maximum atomic E-state index is 14.1. The van der Waals surface area contributed by atoms with E-state index in [2.05, 4.69) is 0 Å². The van der Waals surface area contributed by atoms with Crippen LogP contribution in [-0.2, 0) is 0 Å². The highest BCUT2D eigenvalue weighted by molar-refractivity contribution is 5.46. The summed E-state index contributed by atoms with van der Waals surface area (Å²) in [4.78, 5) is 0. The van der Waals surface area contributed by atoms with Gasteiger partial charge < -0.3 is 15.2 Å². The van der Waals surface area contributed by atoms with Crippen LogP contribution in [0.2, 0.25) is 0 Å². The largest absolute Gasteiger partial charge is 0.493 e. The average molecular weight is 297 g/mol. The fourth-order valence-corrected chi connectivity index (χ4v) is 2.04. The topological polar surface area (TPSA) is 44.5 Å². The van der Waals surface area contributed by atoms with Gasteiger partial charge in [-0.1, -0.05) is 12.1 Å². The number of nitrogens with two attached hydrogens (primary N) is 1. The van der Waals surface area contributed by atoms with Gasteiger partial charge in [0.2, 0.25) is 0 Å². The predicted octanol–water partition coefficient (Wildman–Crippen LogP) is 3.17. The lowest BCUT2D eigenvalue weighted by Crippen LogP contribution is -2.16. The third-order valence-electron chi connectivity index (χ3n) is 3.15. The molecule has 0 aliphatic rings. The molecule has 3 nitrogen and oxygen atoms in total. The molecule has 2 aromatic rings. The summed E-state index contributed by atoms with van der Waals surface area (Å²) in [6.45, 7) is 0. The van der Waals surface area contributed by atoms with E-state index >= 15 is 0 Å². The smallest absolute Gasteiger partial charge is 0.163 e. The second-order valence-corrected chi connectivity index (χ2v) is 4.35. The van der Waals surface area contributed by atoms with Crippen molar-refractivity contribution in [3.63, 3.8) is 0 Å². The Balaban J connectivity index is 2.53. The van der Waals surface area contributed by atoms with Crippen molar-refractivity contribution in [3.05, 3.63) is 58.9 Å². The summed E-state index contributed by atoms with van der Waals surface area (Å²) in [5, 5.41) is 0. The van der Waals surface area contributed by atoms with Gasteiger partial charge in [-0.3, -0.25) is 0 Å². The van der Waals surface area contributed by atoms with Crippen LogP contribution in [0, 0.1) is 17.5 Å². The molecule has 0 radical (unpaired) electrons. The number of methoxy groups -OCH3 is 2. The van der Waals surface area contributed by atoms with Gasteiger partial charge in [-0.25, -0.2) is 13.2 Å². The molecule has 0 amide bonds. The van der Waals surface area contributed by atoms with Crippen molar-refractivity contribution in [2.24, 2.45) is 5.73 Å². The second kappa shape index (κ2) is 6.05. The van der Waals surface area contributed by atoms with Crippen LogP contribution in [0.4, 0.5) is 13.2 Å². The Kier molecular flexibility index (Phi) is 4.37. The Labute approximate surface area is 120 Å². The Morgan fingerprint density at radius 1 is 0.905 bits per heavy atom. The molecule has 21 heavy (non-hydrogen) atoms. The summed E-state index contributed by atoms with van der Waals surface area (Å²) in [6, 6.07) is 4.82. The zero-order valence-corrected chi connectivity index (χ0v) is 11.5. The van der Waals surface area contributed by atoms with E-state index in [1.165, 1.54) is 32.4 Å². The number of benzene rings is 2. The standard InChI is InChI=1S/C15H14F3NO2/c1-20-12-6-9(11(17)7-13(12)21-2)15(19)8-4-3-5-10(16)14(8)18/h3-7,15H,19H2,1-2H3. The maximum Gasteiger partial charge on any atom is 0.163 e. The van der Waals surface area contributed by atoms with Crippen LogP contribution in [0.15, 0.2) is 30.3 Å². The van der Waals surface area contributed by atoms with Crippen molar-refractivity contribution in [1.29, 1.82) is 0 Å². The zero-order chi connectivity index (χ0) is 15.6. The SMILES string of the molecule is COc1cc(F)c(C(N)c2cccc(F)c2F)cc1OC. The molecule has 6 heteroatoms. The average Bonchev–Trinajstić information content (AvgIpc) is 2.49. The summed E-state index contributed by atoms with van der Waals surface area (Å²) in [7, 11) is 2.75. The minimum Gasteiger partial charge on any atom is -0.493 e. The number of ether oxygens (including phenoxy) is 2. The highest BCUT2D eigenvalue weighted by Gasteiger charge is 2.21. The van der Waals surface area contributed by atoms with Gasteiger partial charge in [0.25, 0.3) is 0 Å². The van der Waals surface area contributed by atoms with Crippen LogP contribution in [0.3, 0.4) is 0 Å². The van der Waals surface area contributed by atoms with Crippen LogP contribution >= 0.6 is 0 Å². The van der Waals surface area contributed by atoms with E-state index in [4.69, 9.17) is 15.2 Å². The third kappa shape index (κ3) is 2.80. The molecule has 2 rings (SSSR count). The molecule has 0 aromatic heterocycles. The van der Waals surface area contributed by atoms with Crippen molar-refractivity contribution >= 4 is 0 Å². The van der Waals surface area contributed by atoms with Crippen molar-refractivity contribution in [3.8, 4) is 11.5 Å². The van der Waals surface area contributed by atoms with Gasteiger partial charge in [0.15, 0.2) is 23.1 Å². The molecule has 1 atom stereocenters. The zero-order valence-electron chi connectivity index (χ0n) is 11.5. The van der Waals surface area contributed by atoms with Crippen molar-refractivity contribution in [2.75, 3.05) is 14.2 Å². The van der Waals surface area contributed by atoms with E-state index in [1.807, 2.05) is 0 Å². The first kappa shape index (κ1) is 15.2. The van der Waals surface area contributed by atoms with E-state index in [1.54, 1.807) is 0 Å². The normalized spacial score (nSPS) is 12.1. The number of hydrogen-bond donors (Lipinski definition) is 1. The van der Waals surface area contributed by atoms with E-state index in [0.29, 0.717) is 0 Å². The number of hydrogen-bond acceptors (Lipinski definition) is 3. The van der Waals surface area contributed by atoms with Crippen LogP contribution in [0.25, 0.3) is 0 Å². The molecule has 0 aliphatic carbocycles. The van der Waals surface area contributed by atoms with Crippen LogP contribution in [0.5, 0.6) is 11.5 Å². The van der Waals surface area contributed by atoms with Gasteiger partial charge in [-0.2, -0.15) is 0 Å². The first-order valence-electron chi connectivity index (χ1n) is 6.10. The second-order valence-electron chi connectivity index (χ2n) is 4.35. The van der Waals surface area contributed by atoms with E-state index in [-0.39, 0.29) is 22.6 Å². The highest BCUT2D eigenvalue weighted by Crippen LogP contribution is 2.34. The van der Waals surface area contributed by atoms with E-state index in [9.17, 15) is 13.2 Å². The molecule has 0 saturated carbocycles. The Bertz CT molecular complexity index is 662. The molecule has 0 fully saturated rings. The molecular weight excluding hydrogens is 283 g/mol. The van der Waals surface area contributed by atoms with Gasteiger partial charge in [0, 0.05) is 17.2 Å². The molecule has 0 aliphatic heterocycles. The molecule has 0 bridgehead atoms. The molecular formula is C15H14F3NO2. The van der Waals surface area contributed by atoms with Crippen molar-refractivity contribution in [2.45, 2.75) is 6.04 Å². The Hall–Kier alpha value is -2.21. The van der Waals surface area contributed by atoms with Gasteiger partial charge in [-0.15, -0.1) is 0 Å². The minimum atomic E-state index is -1.17. The van der Waals surface area contributed by atoms with Gasteiger partial charge in [0.1, 0.15) is 5.82 Å². The van der Waals surface area contributed by atoms with Crippen LogP contribution < -0.4 is 15.2 Å².